The van der Waals surface area contributed by atoms with Gasteiger partial charge in [-0.3, -0.25) is 4.79 Å². The Bertz CT molecular complexity index is 601. The number of nitrogens with two attached hydrogens (primary N) is 1. The molecule has 4 nitrogen and oxygen atoms in total. The maximum absolute atomic E-state index is 11.9. The molecule has 0 unspecified atom stereocenters. The number of carbonyl (C=O) groups is 1. The maximum atomic E-state index is 11.9. The van der Waals surface area contributed by atoms with Crippen LogP contribution in [0.1, 0.15) is 11.3 Å². The minimum Gasteiger partial charge on any atom is -0.397 e. The number of halogens is 1. The predicted molar refractivity (Wildman–Crippen MR) is 89.8 cm³/mol. The molecule has 0 fully saturated rings. The smallest absolute Gasteiger partial charge is 0.225 e. The van der Waals surface area contributed by atoms with E-state index < -0.39 is 0 Å². The van der Waals surface area contributed by atoms with Crippen LogP contribution in [0.25, 0.3) is 0 Å². The number of nitrogens with zero attached hydrogens (tertiary/aromatic N) is 1. The van der Waals surface area contributed by atoms with Crippen molar-refractivity contribution in [1.82, 2.24) is 4.90 Å². The second kappa shape index (κ2) is 7.45. The molecule has 1 heterocycles. The number of benzene rings is 1. The molecule has 0 aliphatic rings. The highest BCUT2D eigenvalue weighted by Crippen LogP contribution is 2.22. The minimum absolute atomic E-state index is 0.0326. The molecule has 0 aliphatic heterocycles. The summed E-state index contributed by atoms with van der Waals surface area (Å²) in [6, 6.07) is 9.21. The van der Waals surface area contributed by atoms with Crippen LogP contribution in [0.15, 0.2) is 35.7 Å². The Labute approximate surface area is 133 Å². The van der Waals surface area contributed by atoms with Crippen molar-refractivity contribution in [3.8, 4) is 0 Å². The van der Waals surface area contributed by atoms with E-state index in [1.54, 1.807) is 29.5 Å². The van der Waals surface area contributed by atoms with E-state index in [9.17, 15) is 4.79 Å². The van der Waals surface area contributed by atoms with Crippen molar-refractivity contribution in [2.24, 2.45) is 0 Å². The molecule has 2 aromatic rings. The van der Waals surface area contributed by atoms with E-state index >= 15 is 0 Å². The average molecular weight is 324 g/mol. The van der Waals surface area contributed by atoms with Crippen molar-refractivity contribution in [2.75, 3.05) is 24.6 Å². The van der Waals surface area contributed by atoms with Gasteiger partial charge in [0.05, 0.1) is 10.7 Å². The Morgan fingerprint density at radius 2 is 2.24 bits per heavy atom. The maximum Gasteiger partial charge on any atom is 0.225 e. The lowest BCUT2D eigenvalue weighted by Gasteiger charge is -2.15. The summed E-state index contributed by atoms with van der Waals surface area (Å²) in [5.74, 6) is -0.0326. The summed E-state index contributed by atoms with van der Waals surface area (Å²) < 4.78 is 0. The van der Waals surface area contributed by atoms with Gasteiger partial charge in [-0.1, -0.05) is 17.7 Å². The molecule has 0 aliphatic carbocycles. The number of amides is 1. The van der Waals surface area contributed by atoms with Crippen LogP contribution in [-0.2, 0) is 11.3 Å². The first-order valence-corrected chi connectivity index (χ1v) is 7.86. The molecular weight excluding hydrogens is 306 g/mol. The lowest BCUT2D eigenvalue weighted by Crippen LogP contribution is -2.23. The Morgan fingerprint density at radius 3 is 2.90 bits per heavy atom. The van der Waals surface area contributed by atoms with Crippen molar-refractivity contribution in [3.05, 3.63) is 45.6 Å². The summed E-state index contributed by atoms with van der Waals surface area (Å²) in [5.41, 5.74) is 6.84. The lowest BCUT2D eigenvalue weighted by atomic mass is 10.2. The SMILES string of the molecule is CN(CCC(=O)Nc1ccc(Cl)c(N)c1)Cc1cccs1. The first-order valence-electron chi connectivity index (χ1n) is 6.60. The summed E-state index contributed by atoms with van der Waals surface area (Å²) in [6.45, 7) is 1.56. The number of anilines is 2. The summed E-state index contributed by atoms with van der Waals surface area (Å²) >= 11 is 7.57. The predicted octanol–water partition coefficient (Wildman–Crippen LogP) is 3.44. The topological polar surface area (TPSA) is 58.4 Å². The molecule has 3 N–H and O–H groups in total. The van der Waals surface area contributed by atoms with Gasteiger partial charge < -0.3 is 16.0 Å². The molecule has 21 heavy (non-hydrogen) atoms. The fourth-order valence-corrected chi connectivity index (χ4v) is 2.79. The van der Waals surface area contributed by atoms with Crippen molar-refractivity contribution >= 4 is 40.2 Å². The first kappa shape index (κ1) is 15.8. The largest absolute Gasteiger partial charge is 0.397 e. The van der Waals surface area contributed by atoms with E-state index in [4.69, 9.17) is 17.3 Å². The minimum atomic E-state index is -0.0326. The van der Waals surface area contributed by atoms with Gasteiger partial charge in [-0.15, -0.1) is 11.3 Å². The molecule has 1 aromatic carbocycles. The Kier molecular flexibility index (Phi) is 5.61. The Balaban J connectivity index is 1.77. The number of hydrogen-bond acceptors (Lipinski definition) is 4. The third-order valence-corrected chi connectivity index (χ3v) is 4.21. The van der Waals surface area contributed by atoms with Crippen molar-refractivity contribution < 1.29 is 4.79 Å². The van der Waals surface area contributed by atoms with Crippen LogP contribution < -0.4 is 11.1 Å². The number of rotatable bonds is 6. The zero-order chi connectivity index (χ0) is 15.2. The van der Waals surface area contributed by atoms with Crippen molar-refractivity contribution in [2.45, 2.75) is 13.0 Å². The number of carbonyl (C=O) groups excluding carboxylic acids is 1. The normalized spacial score (nSPS) is 10.8. The van der Waals surface area contributed by atoms with Gasteiger partial charge in [-0.05, 0) is 36.7 Å². The van der Waals surface area contributed by atoms with Crippen LogP contribution in [0, 0.1) is 0 Å². The van der Waals surface area contributed by atoms with Crippen molar-refractivity contribution in [1.29, 1.82) is 0 Å². The summed E-state index contributed by atoms with van der Waals surface area (Å²) in [4.78, 5) is 15.3. The van der Waals surface area contributed by atoms with Crippen LogP contribution in [-0.4, -0.2) is 24.4 Å². The van der Waals surface area contributed by atoms with E-state index in [0.717, 1.165) is 6.54 Å². The van der Waals surface area contributed by atoms with Gasteiger partial charge >= 0.3 is 0 Å². The molecule has 112 valence electrons. The molecule has 0 bridgehead atoms. The average Bonchev–Trinajstić information content (AvgIpc) is 2.93. The third-order valence-electron chi connectivity index (χ3n) is 3.01. The van der Waals surface area contributed by atoms with Crippen LogP contribution >= 0.6 is 22.9 Å². The highest BCUT2D eigenvalue weighted by molar-refractivity contribution is 7.09. The van der Waals surface area contributed by atoms with Gasteiger partial charge in [-0.25, -0.2) is 0 Å². The van der Waals surface area contributed by atoms with Gasteiger partial charge in [-0.2, -0.15) is 0 Å². The summed E-state index contributed by atoms with van der Waals surface area (Å²) in [6.07, 6.45) is 0.435. The van der Waals surface area contributed by atoms with E-state index in [1.807, 2.05) is 13.1 Å². The molecule has 0 spiro atoms. The third kappa shape index (κ3) is 5.04. The number of hydrogen-bond donors (Lipinski definition) is 2. The summed E-state index contributed by atoms with van der Waals surface area (Å²) in [7, 11) is 2.01. The van der Waals surface area contributed by atoms with Gasteiger partial charge in [0.2, 0.25) is 5.91 Å². The highest BCUT2D eigenvalue weighted by Gasteiger charge is 2.07. The fourth-order valence-electron chi connectivity index (χ4n) is 1.89. The fraction of sp³-hybridized carbons (Fsp3) is 0.267. The number of thiophene rings is 1. The monoisotopic (exact) mass is 323 g/mol. The lowest BCUT2D eigenvalue weighted by molar-refractivity contribution is -0.116. The molecule has 0 saturated heterocycles. The van der Waals surface area contributed by atoms with Gasteiger partial charge in [0.25, 0.3) is 0 Å². The van der Waals surface area contributed by atoms with Gasteiger partial charge in [0, 0.05) is 30.1 Å². The van der Waals surface area contributed by atoms with Gasteiger partial charge in [0.1, 0.15) is 0 Å². The van der Waals surface area contributed by atoms with Crippen LogP contribution in [0.3, 0.4) is 0 Å². The second-order valence-corrected chi connectivity index (χ2v) is 6.29. The first-order chi connectivity index (χ1) is 10.0. The Morgan fingerprint density at radius 1 is 1.43 bits per heavy atom. The van der Waals surface area contributed by atoms with Crippen LogP contribution in [0.4, 0.5) is 11.4 Å². The zero-order valence-corrected chi connectivity index (χ0v) is 13.4. The summed E-state index contributed by atoms with van der Waals surface area (Å²) in [5, 5.41) is 5.37. The second-order valence-electron chi connectivity index (χ2n) is 4.85. The molecule has 0 atom stereocenters. The number of nitrogens with one attached hydrogen (secondary N) is 1. The van der Waals surface area contributed by atoms with Crippen LogP contribution in [0.5, 0.6) is 0 Å². The van der Waals surface area contributed by atoms with Gasteiger partial charge in [0.15, 0.2) is 0 Å². The molecule has 0 radical (unpaired) electrons. The molecule has 2 rings (SSSR count). The number of nitrogen functional groups attached to an aromatic ring is 1. The molecule has 0 saturated carbocycles. The Hall–Kier alpha value is -1.56. The van der Waals surface area contributed by atoms with E-state index in [2.05, 4.69) is 21.7 Å². The zero-order valence-electron chi connectivity index (χ0n) is 11.8. The molecular formula is C15H18ClN3OS. The van der Waals surface area contributed by atoms with E-state index in [-0.39, 0.29) is 5.91 Å². The van der Waals surface area contributed by atoms with Crippen molar-refractivity contribution in [3.63, 3.8) is 0 Å². The molecule has 1 aromatic heterocycles. The molecule has 6 heteroatoms. The van der Waals surface area contributed by atoms with E-state index in [0.29, 0.717) is 29.4 Å². The molecule has 1 amide bonds. The van der Waals surface area contributed by atoms with E-state index in [1.165, 1.54) is 4.88 Å². The van der Waals surface area contributed by atoms with Crippen LogP contribution in [0.2, 0.25) is 5.02 Å². The standard InChI is InChI=1S/C15H18ClN3OS/c1-19(10-12-3-2-8-21-12)7-6-15(20)18-11-4-5-13(16)14(17)9-11/h2-5,8-9H,6-7,10,17H2,1H3,(H,18,20). The highest BCUT2D eigenvalue weighted by atomic mass is 35.5. The quantitative estimate of drug-likeness (QED) is 0.801.